The van der Waals surface area contributed by atoms with Gasteiger partial charge in [-0.3, -0.25) is 9.59 Å². The molecule has 0 aromatic carbocycles. The molecule has 0 saturated heterocycles. The van der Waals surface area contributed by atoms with Gasteiger partial charge in [-0.2, -0.15) is 0 Å². The third-order valence-corrected chi connectivity index (χ3v) is 4.13. The fraction of sp³-hybridized carbons (Fsp3) is 0.429. The van der Waals surface area contributed by atoms with Crippen LogP contribution in [-0.4, -0.2) is 27.0 Å². The molecule has 1 aromatic rings. The number of carbonyl (C=O) groups excluding carboxylic acids is 1. The first-order valence-corrected chi connectivity index (χ1v) is 6.60. The molecule has 0 radical (unpaired) electrons. The van der Waals surface area contributed by atoms with Crippen LogP contribution < -0.4 is 5.32 Å². The minimum absolute atomic E-state index is 0.00713. The first-order valence-electron chi connectivity index (χ1n) is 6.60. The Morgan fingerprint density at radius 1 is 1.30 bits per heavy atom. The summed E-state index contributed by atoms with van der Waals surface area (Å²) in [4.78, 5) is 31.4. The standard InChI is InChI=1S/C14H15N3O3/c18-13(16-6-10-3-4-15-7-17-10)11-8-1-2-9(5-8)12(11)14(19)20/h1-4,7-9,11-12H,5-6H2,(H,16,18)(H,19,20)/t8?,9?,11-,12+/m0/s1. The zero-order valence-corrected chi connectivity index (χ0v) is 10.8. The summed E-state index contributed by atoms with van der Waals surface area (Å²) >= 11 is 0. The summed E-state index contributed by atoms with van der Waals surface area (Å²) < 4.78 is 0. The van der Waals surface area contributed by atoms with Crippen molar-refractivity contribution >= 4 is 11.9 Å². The molecule has 1 fully saturated rings. The number of hydrogen-bond acceptors (Lipinski definition) is 4. The number of aliphatic carboxylic acids is 1. The van der Waals surface area contributed by atoms with Crippen LogP contribution in [-0.2, 0) is 16.1 Å². The fourth-order valence-electron chi connectivity index (χ4n) is 3.23. The third kappa shape index (κ3) is 2.17. The summed E-state index contributed by atoms with van der Waals surface area (Å²) in [5, 5.41) is 12.1. The number of nitrogens with one attached hydrogen (secondary N) is 1. The van der Waals surface area contributed by atoms with E-state index in [0.717, 1.165) is 6.42 Å². The second-order valence-electron chi connectivity index (χ2n) is 5.26. The number of carboxylic acids is 1. The lowest BCUT2D eigenvalue weighted by Crippen LogP contribution is -2.40. The van der Waals surface area contributed by atoms with Crippen molar-refractivity contribution in [1.82, 2.24) is 15.3 Å². The molecule has 0 aliphatic heterocycles. The molecule has 2 unspecified atom stereocenters. The molecule has 1 aromatic heterocycles. The summed E-state index contributed by atoms with van der Waals surface area (Å²) in [6, 6.07) is 1.72. The quantitative estimate of drug-likeness (QED) is 0.784. The Labute approximate surface area is 115 Å². The van der Waals surface area contributed by atoms with Crippen LogP contribution in [0.4, 0.5) is 0 Å². The number of rotatable bonds is 4. The Bertz CT molecular complexity index is 558. The summed E-state index contributed by atoms with van der Waals surface area (Å²) in [6.07, 6.45) is 7.69. The average molecular weight is 273 g/mol. The second-order valence-corrected chi connectivity index (χ2v) is 5.26. The van der Waals surface area contributed by atoms with Crippen LogP contribution in [0.3, 0.4) is 0 Å². The summed E-state index contributed by atoms with van der Waals surface area (Å²) in [5.74, 6) is -2.12. The topological polar surface area (TPSA) is 92.2 Å². The zero-order valence-electron chi connectivity index (χ0n) is 10.8. The lowest BCUT2D eigenvalue weighted by atomic mass is 9.82. The molecule has 1 amide bonds. The van der Waals surface area contributed by atoms with Gasteiger partial charge in [0.1, 0.15) is 6.33 Å². The lowest BCUT2D eigenvalue weighted by Gasteiger charge is -2.23. The highest BCUT2D eigenvalue weighted by atomic mass is 16.4. The zero-order chi connectivity index (χ0) is 14.1. The fourth-order valence-corrected chi connectivity index (χ4v) is 3.23. The number of amides is 1. The molecule has 1 heterocycles. The van der Waals surface area contributed by atoms with Crippen molar-refractivity contribution in [1.29, 1.82) is 0 Å². The van der Waals surface area contributed by atoms with Crippen LogP contribution in [0.2, 0.25) is 0 Å². The molecule has 0 spiro atoms. The summed E-state index contributed by atoms with van der Waals surface area (Å²) in [6.45, 7) is 0.297. The number of hydrogen-bond donors (Lipinski definition) is 2. The molecule has 6 heteroatoms. The third-order valence-electron chi connectivity index (χ3n) is 4.13. The van der Waals surface area contributed by atoms with Crippen LogP contribution >= 0.6 is 0 Å². The molecule has 2 aliphatic carbocycles. The Hall–Kier alpha value is -2.24. The van der Waals surface area contributed by atoms with Gasteiger partial charge in [-0.15, -0.1) is 0 Å². The van der Waals surface area contributed by atoms with Crippen LogP contribution in [0.15, 0.2) is 30.7 Å². The summed E-state index contributed by atoms with van der Waals surface area (Å²) in [5.41, 5.74) is 0.707. The molecule has 20 heavy (non-hydrogen) atoms. The molecule has 2 bridgehead atoms. The molecule has 6 nitrogen and oxygen atoms in total. The smallest absolute Gasteiger partial charge is 0.307 e. The average Bonchev–Trinajstić information content (AvgIpc) is 3.06. The van der Waals surface area contributed by atoms with Gasteiger partial charge in [-0.1, -0.05) is 12.2 Å². The van der Waals surface area contributed by atoms with E-state index >= 15 is 0 Å². The van der Waals surface area contributed by atoms with Crippen molar-refractivity contribution in [3.8, 4) is 0 Å². The van der Waals surface area contributed by atoms with Gasteiger partial charge >= 0.3 is 5.97 Å². The highest BCUT2D eigenvalue weighted by molar-refractivity contribution is 5.86. The lowest BCUT2D eigenvalue weighted by molar-refractivity contribution is -0.147. The van der Waals surface area contributed by atoms with Gasteiger partial charge in [0.2, 0.25) is 5.91 Å². The van der Waals surface area contributed by atoms with Crippen molar-refractivity contribution in [2.24, 2.45) is 23.7 Å². The predicted octanol–water partition coefficient (Wildman–Crippen LogP) is 0.616. The maximum Gasteiger partial charge on any atom is 0.307 e. The van der Waals surface area contributed by atoms with E-state index < -0.39 is 17.8 Å². The van der Waals surface area contributed by atoms with E-state index in [1.807, 2.05) is 12.2 Å². The number of fused-ring (bicyclic) bond motifs is 2. The van der Waals surface area contributed by atoms with E-state index in [9.17, 15) is 14.7 Å². The first-order chi connectivity index (χ1) is 9.66. The molecule has 1 saturated carbocycles. The Kier molecular flexibility index (Phi) is 3.22. The summed E-state index contributed by atoms with van der Waals surface area (Å²) in [7, 11) is 0. The molecule has 2 N–H and O–H groups in total. The first kappa shape index (κ1) is 12.8. The number of nitrogens with zero attached hydrogens (tertiary/aromatic N) is 2. The van der Waals surface area contributed by atoms with Crippen molar-refractivity contribution in [2.75, 3.05) is 0 Å². The van der Waals surface area contributed by atoms with Crippen LogP contribution in [0.25, 0.3) is 0 Å². The number of aromatic nitrogens is 2. The minimum Gasteiger partial charge on any atom is -0.481 e. The van der Waals surface area contributed by atoms with E-state index in [1.165, 1.54) is 6.33 Å². The SMILES string of the molecule is O=C(O)[C@@H]1C2C=CC(C2)[C@@H]1C(=O)NCc1ccncn1. The monoisotopic (exact) mass is 273 g/mol. The Morgan fingerprint density at radius 3 is 2.70 bits per heavy atom. The van der Waals surface area contributed by atoms with E-state index in [1.54, 1.807) is 12.3 Å². The van der Waals surface area contributed by atoms with Crippen LogP contribution in [0.1, 0.15) is 12.1 Å². The van der Waals surface area contributed by atoms with Crippen LogP contribution in [0.5, 0.6) is 0 Å². The Morgan fingerprint density at radius 2 is 2.05 bits per heavy atom. The van der Waals surface area contributed by atoms with Gasteiger partial charge in [0.15, 0.2) is 0 Å². The normalized spacial score (nSPS) is 30.4. The van der Waals surface area contributed by atoms with E-state index in [2.05, 4.69) is 15.3 Å². The highest BCUT2D eigenvalue weighted by Crippen LogP contribution is 2.48. The maximum absolute atomic E-state index is 12.3. The van der Waals surface area contributed by atoms with Gasteiger partial charge < -0.3 is 10.4 Å². The largest absolute Gasteiger partial charge is 0.481 e. The van der Waals surface area contributed by atoms with E-state index in [4.69, 9.17) is 0 Å². The van der Waals surface area contributed by atoms with Crippen molar-refractivity contribution in [3.05, 3.63) is 36.4 Å². The second kappa shape index (κ2) is 5.03. The molecule has 3 rings (SSSR count). The van der Waals surface area contributed by atoms with Crippen LogP contribution in [0, 0.1) is 23.7 Å². The number of carbonyl (C=O) groups is 2. The highest BCUT2D eigenvalue weighted by Gasteiger charge is 2.51. The van der Waals surface area contributed by atoms with E-state index in [-0.39, 0.29) is 17.7 Å². The van der Waals surface area contributed by atoms with Gasteiger partial charge in [0.25, 0.3) is 0 Å². The predicted molar refractivity (Wildman–Crippen MR) is 69.2 cm³/mol. The number of carboxylic acid groups (broad SMARTS) is 1. The molecule has 104 valence electrons. The van der Waals surface area contributed by atoms with Gasteiger partial charge in [-0.05, 0) is 24.3 Å². The molecule has 2 aliphatic rings. The van der Waals surface area contributed by atoms with Gasteiger partial charge in [-0.25, -0.2) is 9.97 Å². The van der Waals surface area contributed by atoms with Gasteiger partial charge in [0, 0.05) is 6.20 Å². The van der Waals surface area contributed by atoms with Crippen molar-refractivity contribution in [3.63, 3.8) is 0 Å². The van der Waals surface area contributed by atoms with Crippen molar-refractivity contribution < 1.29 is 14.7 Å². The minimum atomic E-state index is -0.885. The molecular weight excluding hydrogens is 258 g/mol. The van der Waals surface area contributed by atoms with Crippen molar-refractivity contribution in [2.45, 2.75) is 13.0 Å². The Balaban J connectivity index is 1.68. The van der Waals surface area contributed by atoms with Gasteiger partial charge in [0.05, 0.1) is 24.1 Å². The molecular formula is C14H15N3O3. The maximum atomic E-state index is 12.3. The van der Waals surface area contributed by atoms with E-state index in [0.29, 0.717) is 12.2 Å². The molecule has 4 atom stereocenters. The number of allylic oxidation sites excluding steroid dienone is 2.